The Bertz CT molecular complexity index is 602. The van der Waals surface area contributed by atoms with Crippen LogP contribution < -0.4 is 11.1 Å². The van der Waals surface area contributed by atoms with Crippen molar-refractivity contribution in [1.82, 2.24) is 4.98 Å². The number of amides is 1. The fraction of sp³-hybridized carbons (Fsp3) is 0. The monoisotopic (exact) mass is 369 g/mol. The zero-order chi connectivity index (χ0) is 13.1. The molecule has 2 aromatic rings. The van der Waals surface area contributed by atoms with Gasteiger partial charge < -0.3 is 11.1 Å². The predicted octanol–water partition coefficient (Wildman–Crippen LogP) is 3.44. The molecule has 0 aliphatic carbocycles. The van der Waals surface area contributed by atoms with Crippen LogP contribution in [0.25, 0.3) is 0 Å². The summed E-state index contributed by atoms with van der Waals surface area (Å²) in [4.78, 5) is 16.0. The highest BCUT2D eigenvalue weighted by atomic mass is 79.9. The molecule has 0 spiro atoms. The third-order valence-corrected chi connectivity index (χ3v) is 3.56. The lowest BCUT2D eigenvalue weighted by molar-refractivity contribution is 0.102. The topological polar surface area (TPSA) is 68.0 Å². The Morgan fingerprint density at radius 1 is 1.22 bits per heavy atom. The number of nitrogens with zero attached hydrogens (tertiary/aromatic N) is 1. The average molecular weight is 371 g/mol. The number of rotatable bonds is 2. The minimum Gasteiger partial charge on any atom is -0.398 e. The van der Waals surface area contributed by atoms with E-state index in [0.717, 1.165) is 4.47 Å². The van der Waals surface area contributed by atoms with E-state index < -0.39 is 0 Å². The number of hydrogen-bond donors (Lipinski definition) is 2. The van der Waals surface area contributed by atoms with E-state index in [0.29, 0.717) is 21.5 Å². The number of carbonyl (C=O) groups is 1. The van der Waals surface area contributed by atoms with Gasteiger partial charge in [0.15, 0.2) is 0 Å². The maximum Gasteiger partial charge on any atom is 0.275 e. The Morgan fingerprint density at radius 2 is 2.00 bits per heavy atom. The molecule has 6 heteroatoms. The summed E-state index contributed by atoms with van der Waals surface area (Å²) in [5, 5.41) is 2.75. The summed E-state index contributed by atoms with van der Waals surface area (Å²) in [6.45, 7) is 0. The van der Waals surface area contributed by atoms with Gasteiger partial charge in [-0.25, -0.2) is 4.98 Å². The van der Waals surface area contributed by atoms with Crippen molar-refractivity contribution in [2.24, 2.45) is 0 Å². The second-order valence-electron chi connectivity index (χ2n) is 3.52. The van der Waals surface area contributed by atoms with Crippen LogP contribution in [-0.2, 0) is 0 Å². The van der Waals surface area contributed by atoms with Crippen LogP contribution in [0, 0.1) is 0 Å². The lowest BCUT2D eigenvalue weighted by Crippen LogP contribution is -2.14. The van der Waals surface area contributed by atoms with Crippen molar-refractivity contribution in [1.29, 1.82) is 0 Å². The minimum absolute atomic E-state index is 0.279. The van der Waals surface area contributed by atoms with E-state index in [4.69, 9.17) is 5.73 Å². The van der Waals surface area contributed by atoms with E-state index in [-0.39, 0.29) is 5.91 Å². The molecule has 0 radical (unpaired) electrons. The Balaban J connectivity index is 2.22. The molecule has 4 nitrogen and oxygen atoms in total. The fourth-order valence-corrected chi connectivity index (χ4v) is 2.16. The van der Waals surface area contributed by atoms with Crippen molar-refractivity contribution in [2.45, 2.75) is 0 Å². The molecule has 0 aliphatic rings. The van der Waals surface area contributed by atoms with Crippen molar-refractivity contribution < 1.29 is 4.79 Å². The molecule has 3 N–H and O–H groups in total. The number of carbonyl (C=O) groups excluding carboxylic acids is 1. The molecular weight excluding hydrogens is 362 g/mol. The number of nitrogens with one attached hydrogen (secondary N) is 1. The number of aromatic nitrogens is 1. The van der Waals surface area contributed by atoms with E-state index >= 15 is 0 Å². The molecule has 1 amide bonds. The summed E-state index contributed by atoms with van der Waals surface area (Å²) in [6, 6.07) is 8.70. The van der Waals surface area contributed by atoms with Crippen LogP contribution in [0.5, 0.6) is 0 Å². The predicted molar refractivity (Wildman–Crippen MR) is 78.4 cm³/mol. The molecule has 0 atom stereocenters. The summed E-state index contributed by atoms with van der Waals surface area (Å²) in [6.07, 6.45) is 1.57. The lowest BCUT2D eigenvalue weighted by Gasteiger charge is -2.07. The SMILES string of the molecule is Nc1ccc(NC(=O)c2ncccc2Br)cc1Br. The summed E-state index contributed by atoms with van der Waals surface area (Å²) in [5.41, 5.74) is 7.28. The Morgan fingerprint density at radius 3 is 2.67 bits per heavy atom. The van der Waals surface area contributed by atoms with Crippen molar-refractivity contribution >= 4 is 49.1 Å². The number of nitrogens with two attached hydrogens (primary N) is 1. The average Bonchev–Trinajstić information content (AvgIpc) is 2.34. The van der Waals surface area contributed by atoms with Crippen LogP contribution in [-0.4, -0.2) is 10.9 Å². The first-order valence-electron chi connectivity index (χ1n) is 5.05. The molecule has 18 heavy (non-hydrogen) atoms. The van der Waals surface area contributed by atoms with Crippen molar-refractivity contribution in [2.75, 3.05) is 11.1 Å². The van der Waals surface area contributed by atoms with Gasteiger partial charge in [-0.2, -0.15) is 0 Å². The first-order valence-corrected chi connectivity index (χ1v) is 6.63. The number of nitrogen functional groups attached to an aromatic ring is 1. The first kappa shape index (κ1) is 13.0. The van der Waals surface area contributed by atoms with Gasteiger partial charge in [0, 0.05) is 26.5 Å². The van der Waals surface area contributed by atoms with Crippen molar-refractivity contribution in [3.05, 3.63) is 51.2 Å². The van der Waals surface area contributed by atoms with E-state index in [1.165, 1.54) is 0 Å². The molecule has 1 heterocycles. The molecule has 0 bridgehead atoms. The van der Waals surface area contributed by atoms with Gasteiger partial charge in [0.2, 0.25) is 0 Å². The fourth-order valence-electron chi connectivity index (χ4n) is 1.35. The zero-order valence-corrected chi connectivity index (χ0v) is 12.3. The van der Waals surface area contributed by atoms with E-state index in [2.05, 4.69) is 42.2 Å². The van der Waals surface area contributed by atoms with Gasteiger partial charge in [0.05, 0.1) is 0 Å². The normalized spacial score (nSPS) is 10.1. The maximum atomic E-state index is 12.0. The second kappa shape index (κ2) is 5.49. The second-order valence-corrected chi connectivity index (χ2v) is 5.23. The third kappa shape index (κ3) is 2.88. The molecule has 92 valence electrons. The van der Waals surface area contributed by atoms with Crippen molar-refractivity contribution in [3.8, 4) is 0 Å². The Hall–Kier alpha value is -1.40. The van der Waals surface area contributed by atoms with Gasteiger partial charge in [-0.1, -0.05) is 0 Å². The lowest BCUT2D eigenvalue weighted by atomic mass is 10.2. The highest BCUT2D eigenvalue weighted by molar-refractivity contribution is 9.11. The van der Waals surface area contributed by atoms with Crippen LogP contribution in [0.2, 0.25) is 0 Å². The third-order valence-electron chi connectivity index (χ3n) is 2.23. The molecule has 0 saturated carbocycles. The maximum absolute atomic E-state index is 12.0. The number of anilines is 2. The molecule has 1 aromatic carbocycles. The van der Waals surface area contributed by atoms with Gasteiger partial charge >= 0.3 is 0 Å². The van der Waals surface area contributed by atoms with Crippen LogP contribution in [0.1, 0.15) is 10.5 Å². The van der Waals surface area contributed by atoms with Crippen LogP contribution in [0.3, 0.4) is 0 Å². The van der Waals surface area contributed by atoms with E-state index in [1.807, 2.05) is 0 Å². The van der Waals surface area contributed by atoms with Gasteiger partial charge in [-0.15, -0.1) is 0 Å². The smallest absolute Gasteiger partial charge is 0.275 e. The van der Waals surface area contributed by atoms with Crippen LogP contribution >= 0.6 is 31.9 Å². The standard InChI is InChI=1S/C12H9Br2N3O/c13-8-2-1-5-16-11(8)12(18)17-7-3-4-10(15)9(14)6-7/h1-6H,15H2,(H,17,18). The van der Waals surface area contributed by atoms with E-state index in [9.17, 15) is 4.79 Å². The van der Waals surface area contributed by atoms with E-state index in [1.54, 1.807) is 36.5 Å². The quantitative estimate of drug-likeness (QED) is 0.795. The molecule has 2 rings (SSSR count). The summed E-state index contributed by atoms with van der Waals surface area (Å²) >= 11 is 6.59. The minimum atomic E-state index is -0.279. The largest absolute Gasteiger partial charge is 0.398 e. The summed E-state index contributed by atoms with van der Waals surface area (Å²) in [7, 11) is 0. The van der Waals surface area contributed by atoms with Gasteiger partial charge in [-0.3, -0.25) is 4.79 Å². The summed E-state index contributed by atoms with van der Waals surface area (Å²) < 4.78 is 1.39. The van der Waals surface area contributed by atoms with Crippen molar-refractivity contribution in [3.63, 3.8) is 0 Å². The highest BCUT2D eigenvalue weighted by Crippen LogP contribution is 2.24. The molecule has 0 unspecified atom stereocenters. The molecule has 1 aromatic heterocycles. The van der Waals surface area contributed by atoms with Gasteiger partial charge in [0.1, 0.15) is 5.69 Å². The zero-order valence-electron chi connectivity index (χ0n) is 9.15. The highest BCUT2D eigenvalue weighted by Gasteiger charge is 2.11. The molecular formula is C12H9Br2N3O. The molecule has 0 aliphatic heterocycles. The number of pyridine rings is 1. The Labute approximate surface area is 121 Å². The number of benzene rings is 1. The van der Waals surface area contributed by atoms with Gasteiger partial charge in [-0.05, 0) is 62.2 Å². The molecule has 0 saturated heterocycles. The van der Waals surface area contributed by atoms with Crippen LogP contribution in [0.15, 0.2) is 45.5 Å². The number of hydrogen-bond acceptors (Lipinski definition) is 3. The summed E-state index contributed by atoms with van der Waals surface area (Å²) in [5.74, 6) is -0.279. The first-order chi connectivity index (χ1) is 8.58. The number of halogens is 2. The van der Waals surface area contributed by atoms with Gasteiger partial charge in [0.25, 0.3) is 5.91 Å². The molecule has 0 fully saturated rings. The van der Waals surface area contributed by atoms with Crippen LogP contribution in [0.4, 0.5) is 11.4 Å². The Kier molecular flexibility index (Phi) is 3.98.